The highest BCUT2D eigenvalue weighted by Crippen LogP contribution is 2.18. The van der Waals surface area contributed by atoms with Gasteiger partial charge in [-0.15, -0.1) is 0 Å². The number of H-pyrrole nitrogens is 2. The van der Waals surface area contributed by atoms with Crippen LogP contribution >= 0.6 is 0 Å². The van der Waals surface area contributed by atoms with Gasteiger partial charge < -0.3 is 15.0 Å². The van der Waals surface area contributed by atoms with Crippen LogP contribution in [-0.2, 0) is 0 Å². The van der Waals surface area contributed by atoms with Gasteiger partial charge in [-0.25, -0.2) is 4.79 Å². The molecule has 7 heteroatoms. The predicted molar refractivity (Wildman–Crippen MR) is 58.8 cm³/mol. The number of amides is 1. The molecule has 0 spiro atoms. The molecule has 1 aliphatic rings. The smallest absolute Gasteiger partial charge is 0.326 e. The molecule has 0 bridgehead atoms. The summed E-state index contributed by atoms with van der Waals surface area (Å²) >= 11 is 0. The Morgan fingerprint density at radius 1 is 1.47 bits per heavy atom. The number of aromatic nitrogens is 2. The highest BCUT2D eigenvalue weighted by atomic mass is 16.3. The van der Waals surface area contributed by atoms with Gasteiger partial charge in [-0.3, -0.25) is 14.6 Å². The zero-order valence-corrected chi connectivity index (χ0v) is 9.10. The molecule has 1 aromatic heterocycles. The molecule has 0 saturated carbocycles. The van der Waals surface area contributed by atoms with E-state index < -0.39 is 17.2 Å². The molecule has 0 unspecified atom stereocenters. The van der Waals surface area contributed by atoms with Gasteiger partial charge in [-0.1, -0.05) is 0 Å². The Morgan fingerprint density at radius 3 is 2.88 bits per heavy atom. The molecule has 2 heterocycles. The Bertz CT molecular complexity index is 505. The summed E-state index contributed by atoms with van der Waals surface area (Å²) in [5.41, 5.74) is -1.36. The molecule has 2 rings (SSSR count). The Kier molecular flexibility index (Phi) is 3.10. The van der Waals surface area contributed by atoms with Gasteiger partial charge >= 0.3 is 5.69 Å². The molecule has 3 N–H and O–H groups in total. The minimum Gasteiger partial charge on any atom is -0.394 e. The summed E-state index contributed by atoms with van der Waals surface area (Å²) < 4.78 is 0. The van der Waals surface area contributed by atoms with Crippen LogP contribution in [0.4, 0.5) is 0 Å². The van der Waals surface area contributed by atoms with Crippen molar-refractivity contribution in [3.8, 4) is 0 Å². The summed E-state index contributed by atoms with van der Waals surface area (Å²) in [5.74, 6) is -0.426. The van der Waals surface area contributed by atoms with Gasteiger partial charge in [0, 0.05) is 12.6 Å². The summed E-state index contributed by atoms with van der Waals surface area (Å²) in [7, 11) is 0. The molecule has 1 fully saturated rings. The molecular weight excluding hydrogens is 226 g/mol. The third-order valence-electron chi connectivity index (χ3n) is 2.84. The van der Waals surface area contributed by atoms with Crippen molar-refractivity contribution in [3.63, 3.8) is 0 Å². The summed E-state index contributed by atoms with van der Waals surface area (Å²) in [6.07, 6.45) is 1.54. The number of aliphatic hydroxyl groups excluding tert-OH is 1. The second kappa shape index (κ2) is 4.54. The van der Waals surface area contributed by atoms with Crippen LogP contribution in [0.15, 0.2) is 15.7 Å². The molecule has 1 amide bonds. The number of carbonyl (C=O) groups is 1. The summed E-state index contributed by atoms with van der Waals surface area (Å²) in [6, 6.07) is 0.821. The molecule has 1 aromatic rings. The van der Waals surface area contributed by atoms with Gasteiger partial charge in [-0.05, 0) is 12.8 Å². The number of carbonyl (C=O) groups excluding carboxylic acids is 1. The molecule has 1 aliphatic heterocycles. The number of aromatic amines is 2. The highest BCUT2D eigenvalue weighted by Gasteiger charge is 2.29. The number of nitrogens with one attached hydrogen (secondary N) is 2. The van der Waals surface area contributed by atoms with Crippen LogP contribution in [0.3, 0.4) is 0 Å². The number of hydrogen-bond donors (Lipinski definition) is 3. The van der Waals surface area contributed by atoms with Crippen LogP contribution in [0.25, 0.3) is 0 Å². The van der Waals surface area contributed by atoms with Crippen LogP contribution in [0.2, 0.25) is 0 Å². The standard InChI is InChI=1S/C10H13N3O4/c14-5-6-2-1-3-13(6)9(16)7-4-8(15)12-10(17)11-7/h4,6,14H,1-3,5H2,(H2,11,12,15,17)/t6-/m0/s1. The molecule has 1 atom stereocenters. The number of aliphatic hydroxyl groups is 1. The second-order valence-electron chi connectivity index (χ2n) is 3.98. The zero-order chi connectivity index (χ0) is 12.4. The van der Waals surface area contributed by atoms with Crippen molar-refractivity contribution in [2.45, 2.75) is 18.9 Å². The van der Waals surface area contributed by atoms with E-state index in [1.807, 2.05) is 4.98 Å². The van der Waals surface area contributed by atoms with Gasteiger partial charge in [0.05, 0.1) is 12.6 Å². The fourth-order valence-electron chi connectivity index (χ4n) is 2.03. The molecule has 92 valence electrons. The van der Waals surface area contributed by atoms with Crippen molar-refractivity contribution in [3.05, 3.63) is 32.6 Å². The monoisotopic (exact) mass is 239 g/mol. The first kappa shape index (κ1) is 11.6. The van der Waals surface area contributed by atoms with E-state index in [0.29, 0.717) is 6.54 Å². The topological polar surface area (TPSA) is 106 Å². The molecule has 7 nitrogen and oxygen atoms in total. The van der Waals surface area contributed by atoms with Gasteiger partial charge in [0.2, 0.25) is 0 Å². The maximum atomic E-state index is 12.0. The Labute approximate surface area is 96.1 Å². The first-order valence-corrected chi connectivity index (χ1v) is 5.37. The third kappa shape index (κ3) is 2.28. The Hall–Kier alpha value is -1.89. The molecular formula is C10H13N3O4. The molecule has 0 radical (unpaired) electrons. The summed E-state index contributed by atoms with van der Waals surface area (Å²) in [4.78, 5) is 39.9. The lowest BCUT2D eigenvalue weighted by Crippen LogP contribution is -2.39. The molecule has 0 aliphatic carbocycles. The van der Waals surface area contributed by atoms with E-state index in [2.05, 4.69) is 4.98 Å². The van der Waals surface area contributed by atoms with Crippen molar-refractivity contribution in [2.75, 3.05) is 13.2 Å². The number of likely N-dealkylation sites (tertiary alicyclic amines) is 1. The van der Waals surface area contributed by atoms with Crippen LogP contribution < -0.4 is 11.2 Å². The average Bonchev–Trinajstić information content (AvgIpc) is 2.74. The number of hydrogen-bond acceptors (Lipinski definition) is 4. The lowest BCUT2D eigenvalue weighted by Gasteiger charge is -2.22. The van der Waals surface area contributed by atoms with Crippen molar-refractivity contribution in [1.29, 1.82) is 0 Å². The van der Waals surface area contributed by atoms with Gasteiger partial charge in [0.15, 0.2) is 0 Å². The molecule has 1 saturated heterocycles. The van der Waals surface area contributed by atoms with Gasteiger partial charge in [0.1, 0.15) is 5.69 Å². The zero-order valence-electron chi connectivity index (χ0n) is 9.10. The van der Waals surface area contributed by atoms with Crippen LogP contribution in [-0.4, -0.2) is 45.1 Å². The van der Waals surface area contributed by atoms with E-state index in [1.165, 1.54) is 4.90 Å². The van der Waals surface area contributed by atoms with E-state index in [9.17, 15) is 14.4 Å². The summed E-state index contributed by atoms with van der Waals surface area (Å²) in [6.45, 7) is 0.415. The van der Waals surface area contributed by atoms with E-state index in [-0.39, 0.29) is 18.3 Å². The maximum Gasteiger partial charge on any atom is 0.326 e. The first-order valence-electron chi connectivity index (χ1n) is 5.37. The van der Waals surface area contributed by atoms with Gasteiger partial charge in [-0.2, -0.15) is 0 Å². The summed E-state index contributed by atoms with van der Waals surface area (Å²) in [5, 5.41) is 9.11. The van der Waals surface area contributed by atoms with Crippen molar-refractivity contribution < 1.29 is 9.90 Å². The second-order valence-corrected chi connectivity index (χ2v) is 3.98. The van der Waals surface area contributed by atoms with Crippen LogP contribution in [0.1, 0.15) is 23.3 Å². The fourth-order valence-corrected chi connectivity index (χ4v) is 2.03. The van der Waals surface area contributed by atoms with E-state index in [0.717, 1.165) is 18.9 Å². The third-order valence-corrected chi connectivity index (χ3v) is 2.84. The largest absolute Gasteiger partial charge is 0.394 e. The normalized spacial score (nSPS) is 19.6. The lowest BCUT2D eigenvalue weighted by molar-refractivity contribution is 0.0671. The maximum absolute atomic E-state index is 12.0. The van der Waals surface area contributed by atoms with E-state index in [1.54, 1.807) is 0 Å². The van der Waals surface area contributed by atoms with E-state index >= 15 is 0 Å². The predicted octanol–water partition coefficient (Wildman–Crippen LogP) is -1.34. The minimum absolute atomic E-state index is 0.0425. The van der Waals surface area contributed by atoms with Crippen molar-refractivity contribution >= 4 is 5.91 Å². The van der Waals surface area contributed by atoms with Crippen LogP contribution in [0, 0.1) is 0 Å². The van der Waals surface area contributed by atoms with Crippen molar-refractivity contribution in [2.24, 2.45) is 0 Å². The highest BCUT2D eigenvalue weighted by molar-refractivity contribution is 5.92. The lowest BCUT2D eigenvalue weighted by atomic mass is 10.2. The Morgan fingerprint density at radius 2 is 2.24 bits per heavy atom. The molecule has 0 aromatic carbocycles. The van der Waals surface area contributed by atoms with Crippen molar-refractivity contribution in [1.82, 2.24) is 14.9 Å². The Balaban J connectivity index is 2.30. The number of rotatable bonds is 2. The fraction of sp³-hybridized carbons (Fsp3) is 0.500. The van der Waals surface area contributed by atoms with Gasteiger partial charge in [0.25, 0.3) is 11.5 Å². The first-order chi connectivity index (χ1) is 8.11. The average molecular weight is 239 g/mol. The van der Waals surface area contributed by atoms with E-state index in [4.69, 9.17) is 5.11 Å². The van der Waals surface area contributed by atoms with Crippen LogP contribution in [0.5, 0.6) is 0 Å². The number of nitrogens with zero attached hydrogens (tertiary/aromatic N) is 1. The quantitative estimate of drug-likeness (QED) is 0.593. The minimum atomic E-state index is -0.708. The SMILES string of the molecule is O=C(c1cc(=O)[nH]c(=O)[nH]1)N1CCC[C@H]1CO. The molecule has 17 heavy (non-hydrogen) atoms.